The molecule has 0 radical (unpaired) electrons. The van der Waals surface area contributed by atoms with Crippen LogP contribution in [0, 0.1) is 5.92 Å². The first-order chi connectivity index (χ1) is 29.1. The first-order valence-corrected chi connectivity index (χ1v) is 21.6. The van der Waals surface area contributed by atoms with Crippen LogP contribution in [0.1, 0.15) is 62.5 Å². The lowest BCUT2D eigenvalue weighted by Gasteiger charge is -2.38. The Kier molecular flexibility index (Phi) is 7.88. The summed E-state index contributed by atoms with van der Waals surface area (Å²) in [5.41, 5.74) is 17.1. The fourth-order valence-corrected chi connectivity index (χ4v) is 11.3. The van der Waals surface area contributed by atoms with Gasteiger partial charge in [0, 0.05) is 56.4 Å². The fraction of sp³-hybridized carbons (Fsp3) is 0.179. The maximum Gasteiger partial charge on any atom is 0.0562 e. The Bertz CT molecular complexity index is 3120. The molecule has 0 spiro atoms. The van der Waals surface area contributed by atoms with Crippen LogP contribution >= 0.6 is 0 Å². The minimum Gasteiger partial charge on any atom is -0.336 e. The van der Waals surface area contributed by atoms with Crippen LogP contribution in [-0.4, -0.2) is 15.2 Å². The van der Waals surface area contributed by atoms with E-state index in [0.29, 0.717) is 23.8 Å². The number of hydrogen-bond acceptors (Lipinski definition) is 1. The summed E-state index contributed by atoms with van der Waals surface area (Å²) in [6.45, 7) is 4.79. The molecule has 0 bridgehead atoms. The van der Waals surface area contributed by atoms with E-state index in [9.17, 15) is 0 Å². The molecule has 0 fully saturated rings. The maximum absolute atomic E-state index is 2.81. The minimum absolute atomic E-state index is 0.344. The number of fused-ring (bicyclic) bond motifs is 9. The van der Waals surface area contributed by atoms with E-state index >= 15 is 0 Å². The van der Waals surface area contributed by atoms with Gasteiger partial charge in [0.15, 0.2) is 0 Å². The molecule has 59 heavy (non-hydrogen) atoms. The lowest BCUT2D eigenvalue weighted by atomic mass is 9.78. The molecule has 2 aromatic heterocycles. The van der Waals surface area contributed by atoms with Crippen LogP contribution in [-0.2, 0) is 0 Å². The lowest BCUT2D eigenvalue weighted by Crippen LogP contribution is -2.33. The topological polar surface area (TPSA) is 13.1 Å². The summed E-state index contributed by atoms with van der Waals surface area (Å²) in [6, 6.07) is 59.6. The number of anilines is 2. The molecule has 3 nitrogen and oxygen atoms in total. The van der Waals surface area contributed by atoms with Crippen molar-refractivity contribution in [3.05, 3.63) is 193 Å². The van der Waals surface area contributed by atoms with Crippen molar-refractivity contribution in [3.63, 3.8) is 0 Å². The smallest absolute Gasteiger partial charge is 0.0562 e. The Labute approximate surface area is 346 Å². The molecule has 3 aliphatic rings. The van der Waals surface area contributed by atoms with Crippen LogP contribution in [0.5, 0.6) is 0 Å². The summed E-state index contributed by atoms with van der Waals surface area (Å²) in [4.78, 5) is 2.81. The van der Waals surface area contributed by atoms with Crippen molar-refractivity contribution >= 4 is 55.0 Å². The molecule has 286 valence electrons. The van der Waals surface area contributed by atoms with Crippen molar-refractivity contribution in [2.24, 2.45) is 5.92 Å². The SMILES string of the molecule is CC1=CCC2c3ccc(-n4c5ccccc5c5c(-n6c7ccccc7c7ccccc76)cccc54)cc3N(c3c(-c4ccccc4)cccc3C3C=CCCC3C)C2C1. The van der Waals surface area contributed by atoms with Crippen molar-refractivity contribution < 1.29 is 0 Å². The van der Waals surface area contributed by atoms with E-state index in [4.69, 9.17) is 0 Å². The van der Waals surface area contributed by atoms with Gasteiger partial charge in [-0.3, -0.25) is 0 Å². The second kappa shape index (κ2) is 13.5. The van der Waals surface area contributed by atoms with Crippen molar-refractivity contribution in [1.82, 2.24) is 9.13 Å². The number of hydrogen-bond donors (Lipinski definition) is 0. The summed E-state index contributed by atoms with van der Waals surface area (Å²) in [6.07, 6.45) is 11.9. The molecule has 0 saturated heterocycles. The van der Waals surface area contributed by atoms with Gasteiger partial charge in [-0.1, -0.05) is 146 Å². The van der Waals surface area contributed by atoms with E-state index in [1.807, 2.05) is 0 Å². The number of benzene rings is 7. The van der Waals surface area contributed by atoms with Gasteiger partial charge in [-0.2, -0.15) is 0 Å². The third-order valence-corrected chi connectivity index (χ3v) is 14.0. The molecule has 2 aliphatic carbocycles. The Balaban J connectivity index is 1.12. The van der Waals surface area contributed by atoms with E-state index < -0.39 is 0 Å². The molecule has 0 saturated carbocycles. The van der Waals surface area contributed by atoms with Gasteiger partial charge in [-0.15, -0.1) is 0 Å². The van der Waals surface area contributed by atoms with Crippen LogP contribution < -0.4 is 4.90 Å². The van der Waals surface area contributed by atoms with E-state index in [1.54, 1.807) is 0 Å². The van der Waals surface area contributed by atoms with E-state index in [2.05, 4.69) is 204 Å². The van der Waals surface area contributed by atoms with Gasteiger partial charge in [0.25, 0.3) is 0 Å². The molecule has 0 N–H and O–H groups in total. The van der Waals surface area contributed by atoms with Crippen molar-refractivity contribution in [3.8, 4) is 22.5 Å². The molecule has 12 rings (SSSR count). The number of nitrogens with zero attached hydrogens (tertiary/aromatic N) is 3. The average molecular weight is 762 g/mol. The van der Waals surface area contributed by atoms with Crippen molar-refractivity contribution in [1.29, 1.82) is 0 Å². The summed E-state index contributed by atoms with van der Waals surface area (Å²) >= 11 is 0. The van der Waals surface area contributed by atoms with Gasteiger partial charge in [0.05, 0.1) is 33.4 Å². The van der Waals surface area contributed by atoms with Crippen LogP contribution in [0.15, 0.2) is 182 Å². The zero-order valence-electron chi connectivity index (χ0n) is 33.7. The third-order valence-electron chi connectivity index (χ3n) is 14.0. The Hall–Kier alpha value is -6.58. The summed E-state index contributed by atoms with van der Waals surface area (Å²) in [5, 5.41) is 5.10. The second-order valence-electron chi connectivity index (χ2n) is 17.3. The van der Waals surface area contributed by atoms with Crippen LogP contribution in [0.2, 0.25) is 0 Å². The highest BCUT2D eigenvalue weighted by Crippen LogP contribution is 2.56. The number of para-hydroxylation sites is 4. The molecular formula is C56H47N3. The third kappa shape index (κ3) is 5.20. The van der Waals surface area contributed by atoms with E-state index in [1.165, 1.54) is 101 Å². The van der Waals surface area contributed by atoms with Gasteiger partial charge >= 0.3 is 0 Å². The van der Waals surface area contributed by atoms with Crippen LogP contribution in [0.4, 0.5) is 11.4 Å². The first-order valence-electron chi connectivity index (χ1n) is 21.6. The molecule has 0 amide bonds. The molecule has 4 atom stereocenters. The van der Waals surface area contributed by atoms with Crippen molar-refractivity contribution in [2.45, 2.75) is 57.4 Å². The summed E-state index contributed by atoms with van der Waals surface area (Å²) in [5.74, 6) is 1.37. The van der Waals surface area contributed by atoms with Crippen LogP contribution in [0.25, 0.3) is 66.1 Å². The molecule has 7 aromatic carbocycles. The average Bonchev–Trinajstić information content (AvgIpc) is 3.92. The lowest BCUT2D eigenvalue weighted by molar-refractivity contribution is 0.467. The predicted molar refractivity (Wildman–Crippen MR) is 249 cm³/mol. The van der Waals surface area contributed by atoms with Gasteiger partial charge in [-0.05, 0) is 97.7 Å². The van der Waals surface area contributed by atoms with Gasteiger partial charge in [0.2, 0.25) is 0 Å². The quantitative estimate of drug-likeness (QED) is 0.159. The minimum atomic E-state index is 0.344. The normalized spacial score (nSPS) is 20.1. The highest BCUT2D eigenvalue weighted by Gasteiger charge is 2.43. The zero-order valence-corrected chi connectivity index (χ0v) is 33.7. The largest absolute Gasteiger partial charge is 0.336 e. The number of aromatic nitrogens is 2. The summed E-state index contributed by atoms with van der Waals surface area (Å²) < 4.78 is 5.01. The van der Waals surface area contributed by atoms with Gasteiger partial charge in [-0.25, -0.2) is 0 Å². The van der Waals surface area contributed by atoms with Gasteiger partial charge < -0.3 is 14.0 Å². The fourth-order valence-electron chi connectivity index (χ4n) is 11.3. The van der Waals surface area contributed by atoms with Crippen molar-refractivity contribution in [2.75, 3.05) is 4.90 Å². The summed E-state index contributed by atoms with van der Waals surface area (Å²) in [7, 11) is 0. The zero-order chi connectivity index (χ0) is 39.2. The standard InChI is InChI=1S/C56H47N3/c1-36-30-32-44-45-33-31-39(35-54(45)59(53(44)34-36)56-41(38-17-4-3-5-18-38)23-14-24-46(56)40-19-7-6-16-37(40)2)57-50-27-13-10-22-47(50)55-51(57)28-15-29-52(55)58-48-25-11-8-20-42(48)43-21-9-12-26-49(43)58/h3-5,7-15,17-31,33,35,37,40,44,53H,6,16,32,34H2,1-2H3. The van der Waals surface area contributed by atoms with E-state index in [0.717, 1.165) is 19.3 Å². The predicted octanol–water partition coefficient (Wildman–Crippen LogP) is 15.0. The van der Waals surface area contributed by atoms with Gasteiger partial charge in [0.1, 0.15) is 0 Å². The highest BCUT2D eigenvalue weighted by molar-refractivity contribution is 6.16. The highest BCUT2D eigenvalue weighted by atomic mass is 15.2. The molecule has 9 aromatic rings. The monoisotopic (exact) mass is 761 g/mol. The van der Waals surface area contributed by atoms with E-state index in [-0.39, 0.29) is 0 Å². The Morgan fingerprint density at radius 3 is 2.02 bits per heavy atom. The molecule has 4 unspecified atom stereocenters. The second-order valence-corrected chi connectivity index (χ2v) is 17.3. The molecule has 3 heteroatoms. The molecule has 3 heterocycles. The number of rotatable bonds is 5. The Morgan fingerprint density at radius 1 is 0.576 bits per heavy atom. The molecular weight excluding hydrogens is 715 g/mol. The first kappa shape index (κ1) is 34.5. The number of allylic oxidation sites excluding steroid dienone is 3. The molecule has 1 aliphatic heterocycles. The maximum atomic E-state index is 2.81. The Morgan fingerprint density at radius 2 is 1.25 bits per heavy atom. The van der Waals surface area contributed by atoms with Crippen LogP contribution in [0.3, 0.4) is 0 Å².